The monoisotopic (exact) mass is 200 g/mol. The summed E-state index contributed by atoms with van der Waals surface area (Å²) in [6, 6.07) is 0. The van der Waals surface area contributed by atoms with Crippen molar-refractivity contribution in [3.63, 3.8) is 0 Å². The normalized spacial score (nSPS) is 18.2. The third-order valence-electron chi connectivity index (χ3n) is 2.23. The molecule has 0 aromatic carbocycles. The molecule has 80 valence electrons. The topological polar surface area (TPSA) is 52.6 Å². The minimum atomic E-state index is -0.329. The van der Waals surface area contributed by atoms with Gasteiger partial charge in [-0.2, -0.15) is 0 Å². The van der Waals surface area contributed by atoms with E-state index in [1.165, 1.54) is 0 Å². The quantitative estimate of drug-likeness (QED) is 0.637. The Kier molecular flexibility index (Phi) is 4.59. The lowest BCUT2D eigenvalue weighted by Crippen LogP contribution is -2.25. The van der Waals surface area contributed by atoms with Crippen molar-refractivity contribution in [1.82, 2.24) is 0 Å². The second kappa shape index (κ2) is 5.75. The van der Waals surface area contributed by atoms with E-state index < -0.39 is 0 Å². The molecule has 0 amide bonds. The summed E-state index contributed by atoms with van der Waals surface area (Å²) in [4.78, 5) is 21.8. The van der Waals surface area contributed by atoms with E-state index in [0.717, 1.165) is 12.8 Å². The molecule has 4 heteroatoms. The predicted molar refractivity (Wildman–Crippen MR) is 49.8 cm³/mol. The Morgan fingerprint density at radius 3 is 2.64 bits per heavy atom. The number of carbonyl (C=O) groups is 2. The number of esters is 1. The molecule has 0 saturated heterocycles. The van der Waals surface area contributed by atoms with E-state index in [1.54, 1.807) is 6.92 Å². The fourth-order valence-corrected chi connectivity index (χ4v) is 1.47. The van der Waals surface area contributed by atoms with Crippen LogP contribution in [-0.2, 0) is 19.1 Å². The molecule has 0 spiro atoms. The zero-order chi connectivity index (χ0) is 10.4. The first-order valence-corrected chi connectivity index (χ1v) is 5.01. The van der Waals surface area contributed by atoms with E-state index in [9.17, 15) is 9.59 Å². The van der Waals surface area contributed by atoms with Crippen LogP contribution < -0.4 is 0 Å². The summed E-state index contributed by atoms with van der Waals surface area (Å²) in [5, 5.41) is 0. The van der Waals surface area contributed by atoms with Gasteiger partial charge >= 0.3 is 5.97 Å². The van der Waals surface area contributed by atoms with Crippen molar-refractivity contribution < 1.29 is 19.1 Å². The van der Waals surface area contributed by atoms with Crippen molar-refractivity contribution in [3.8, 4) is 0 Å². The highest BCUT2D eigenvalue weighted by Crippen LogP contribution is 2.17. The molecule has 0 aromatic heterocycles. The molecule has 14 heavy (non-hydrogen) atoms. The summed E-state index contributed by atoms with van der Waals surface area (Å²) < 4.78 is 10.0. The first kappa shape index (κ1) is 11.2. The maximum absolute atomic E-state index is 10.9. The van der Waals surface area contributed by atoms with E-state index in [0.29, 0.717) is 25.2 Å². The number of ketones is 1. The molecule has 1 rings (SSSR count). The number of hydrogen-bond donors (Lipinski definition) is 0. The molecule has 0 radical (unpaired) electrons. The van der Waals surface area contributed by atoms with Crippen LogP contribution in [0, 0.1) is 0 Å². The van der Waals surface area contributed by atoms with Crippen LogP contribution in [0.3, 0.4) is 0 Å². The van der Waals surface area contributed by atoms with Crippen molar-refractivity contribution in [1.29, 1.82) is 0 Å². The predicted octanol–water partition coefficient (Wildman–Crippen LogP) is 1.08. The zero-order valence-electron chi connectivity index (χ0n) is 8.45. The minimum Gasteiger partial charge on any atom is -0.464 e. The Morgan fingerprint density at radius 1 is 1.43 bits per heavy atom. The molecule has 1 fully saturated rings. The number of hydrogen-bond acceptors (Lipinski definition) is 4. The van der Waals surface area contributed by atoms with E-state index in [1.807, 2.05) is 0 Å². The molecular formula is C10H16O4. The van der Waals surface area contributed by atoms with Crippen LogP contribution in [0.15, 0.2) is 0 Å². The number of carbonyl (C=O) groups excluding carboxylic acids is 2. The molecule has 0 bridgehead atoms. The molecular weight excluding hydrogens is 184 g/mol. The lowest BCUT2D eigenvalue weighted by Gasteiger charge is -2.20. The Morgan fingerprint density at radius 2 is 2.07 bits per heavy atom. The highest BCUT2D eigenvalue weighted by molar-refractivity contribution is 5.79. The lowest BCUT2D eigenvalue weighted by molar-refractivity contribution is -0.151. The summed E-state index contributed by atoms with van der Waals surface area (Å²) in [5.41, 5.74) is 0. The lowest BCUT2D eigenvalue weighted by atomic mass is 9.97. The second-order valence-electron chi connectivity index (χ2n) is 3.35. The average molecular weight is 200 g/mol. The van der Waals surface area contributed by atoms with E-state index in [4.69, 9.17) is 9.47 Å². The van der Waals surface area contributed by atoms with Gasteiger partial charge in [-0.05, 0) is 19.8 Å². The van der Waals surface area contributed by atoms with Crippen molar-refractivity contribution >= 4 is 11.8 Å². The maximum Gasteiger partial charge on any atom is 0.332 e. The Labute approximate surface area is 83.6 Å². The SMILES string of the molecule is CCOC(=O)COC1CCC(=O)CC1. The van der Waals surface area contributed by atoms with E-state index in [-0.39, 0.29) is 18.7 Å². The van der Waals surface area contributed by atoms with Gasteiger partial charge in [-0.15, -0.1) is 0 Å². The minimum absolute atomic E-state index is 0.00664. The van der Waals surface area contributed by atoms with Crippen molar-refractivity contribution in [2.24, 2.45) is 0 Å². The highest BCUT2D eigenvalue weighted by atomic mass is 16.6. The van der Waals surface area contributed by atoms with Crippen LogP contribution in [0.4, 0.5) is 0 Å². The van der Waals surface area contributed by atoms with Crippen molar-refractivity contribution in [3.05, 3.63) is 0 Å². The average Bonchev–Trinajstić information content (AvgIpc) is 2.17. The molecule has 1 saturated carbocycles. The van der Waals surface area contributed by atoms with Gasteiger partial charge in [-0.3, -0.25) is 4.79 Å². The third-order valence-corrected chi connectivity index (χ3v) is 2.23. The van der Waals surface area contributed by atoms with Gasteiger partial charge in [-0.25, -0.2) is 4.79 Å². The van der Waals surface area contributed by atoms with Gasteiger partial charge in [0, 0.05) is 12.8 Å². The number of ether oxygens (including phenoxy) is 2. The Hall–Kier alpha value is -0.900. The second-order valence-corrected chi connectivity index (χ2v) is 3.35. The van der Waals surface area contributed by atoms with Crippen LogP contribution in [0.2, 0.25) is 0 Å². The van der Waals surface area contributed by atoms with Gasteiger partial charge in [0.2, 0.25) is 0 Å². The summed E-state index contributed by atoms with van der Waals surface area (Å²) in [6.45, 7) is 2.15. The van der Waals surface area contributed by atoms with Crippen LogP contribution in [0.5, 0.6) is 0 Å². The van der Waals surface area contributed by atoms with Gasteiger partial charge < -0.3 is 9.47 Å². The fraction of sp³-hybridized carbons (Fsp3) is 0.800. The van der Waals surface area contributed by atoms with Gasteiger partial charge in [-0.1, -0.05) is 0 Å². The van der Waals surface area contributed by atoms with Gasteiger partial charge in [0.1, 0.15) is 12.4 Å². The summed E-state index contributed by atoms with van der Waals surface area (Å²) in [5.74, 6) is -0.0367. The van der Waals surface area contributed by atoms with Crippen molar-refractivity contribution in [2.75, 3.05) is 13.2 Å². The van der Waals surface area contributed by atoms with E-state index in [2.05, 4.69) is 0 Å². The Bertz CT molecular complexity index is 202. The summed E-state index contributed by atoms with van der Waals surface area (Å²) in [7, 11) is 0. The summed E-state index contributed by atoms with van der Waals surface area (Å²) in [6.07, 6.45) is 2.68. The standard InChI is InChI=1S/C10H16O4/c1-2-13-10(12)7-14-9-5-3-8(11)4-6-9/h9H,2-7H2,1H3. The molecule has 0 aromatic rings. The van der Waals surface area contributed by atoms with E-state index >= 15 is 0 Å². The number of rotatable bonds is 4. The maximum atomic E-state index is 10.9. The van der Waals surface area contributed by atoms with Gasteiger partial charge in [0.05, 0.1) is 12.7 Å². The van der Waals surface area contributed by atoms with Crippen LogP contribution in [0.25, 0.3) is 0 Å². The molecule has 4 nitrogen and oxygen atoms in total. The molecule has 0 heterocycles. The zero-order valence-corrected chi connectivity index (χ0v) is 8.45. The molecule has 0 aliphatic heterocycles. The number of Topliss-reactive ketones (excluding diaryl/α,β-unsaturated/α-hetero) is 1. The van der Waals surface area contributed by atoms with Crippen LogP contribution in [0.1, 0.15) is 32.6 Å². The molecule has 0 unspecified atom stereocenters. The first-order valence-electron chi connectivity index (χ1n) is 5.01. The van der Waals surface area contributed by atoms with Crippen molar-refractivity contribution in [2.45, 2.75) is 38.7 Å². The molecule has 0 N–H and O–H groups in total. The molecule has 1 aliphatic rings. The van der Waals surface area contributed by atoms with Crippen LogP contribution in [-0.4, -0.2) is 31.1 Å². The Balaban J connectivity index is 2.12. The largest absolute Gasteiger partial charge is 0.464 e. The highest BCUT2D eigenvalue weighted by Gasteiger charge is 2.19. The first-order chi connectivity index (χ1) is 6.72. The van der Waals surface area contributed by atoms with Gasteiger partial charge in [0.25, 0.3) is 0 Å². The van der Waals surface area contributed by atoms with Gasteiger partial charge in [0.15, 0.2) is 0 Å². The molecule has 0 atom stereocenters. The molecule has 1 aliphatic carbocycles. The van der Waals surface area contributed by atoms with Crippen LogP contribution >= 0.6 is 0 Å². The fourth-order valence-electron chi connectivity index (χ4n) is 1.47. The third kappa shape index (κ3) is 3.87. The summed E-state index contributed by atoms with van der Waals surface area (Å²) >= 11 is 0. The smallest absolute Gasteiger partial charge is 0.332 e.